The molecule has 4 heteroatoms. The van der Waals surface area contributed by atoms with Crippen molar-refractivity contribution in [2.75, 3.05) is 7.11 Å². The van der Waals surface area contributed by atoms with Gasteiger partial charge in [0, 0.05) is 17.7 Å². The Bertz CT molecular complexity index is 567. The van der Waals surface area contributed by atoms with Crippen LogP contribution in [0.5, 0.6) is 5.75 Å². The molecule has 3 nitrogen and oxygen atoms in total. The molecule has 0 aliphatic rings. The van der Waals surface area contributed by atoms with Gasteiger partial charge in [0.05, 0.1) is 7.11 Å². The Hall–Kier alpha value is -2.36. The lowest BCUT2D eigenvalue weighted by Gasteiger charge is -2.05. The van der Waals surface area contributed by atoms with E-state index in [0.717, 1.165) is 0 Å². The fraction of sp³-hybridized carbons (Fsp3) is 0.0714. The van der Waals surface area contributed by atoms with Gasteiger partial charge < -0.3 is 9.94 Å². The molecule has 0 saturated heterocycles. The van der Waals surface area contributed by atoms with Crippen LogP contribution in [0.25, 0.3) is 0 Å². The Morgan fingerprint density at radius 2 is 1.89 bits per heavy atom. The highest BCUT2D eigenvalue weighted by Crippen LogP contribution is 2.22. The van der Waals surface area contributed by atoms with Crippen LogP contribution in [-0.2, 0) is 0 Å². The number of ether oxygens (including phenoxy) is 1. The van der Waals surface area contributed by atoms with Crippen LogP contribution in [0.2, 0.25) is 0 Å². The lowest BCUT2D eigenvalue weighted by molar-refractivity contribution is -0.357. The Morgan fingerprint density at radius 3 is 2.50 bits per heavy atom. The van der Waals surface area contributed by atoms with Gasteiger partial charge in [0.2, 0.25) is 0 Å². The van der Waals surface area contributed by atoms with E-state index in [9.17, 15) is 9.60 Å². The van der Waals surface area contributed by atoms with Crippen LogP contribution in [0.15, 0.2) is 48.5 Å². The van der Waals surface area contributed by atoms with Gasteiger partial charge in [-0.2, -0.15) is 9.13 Å². The van der Waals surface area contributed by atoms with Crippen LogP contribution >= 0.6 is 0 Å². The molecule has 2 rings (SSSR count). The number of rotatable bonds is 3. The molecule has 0 saturated carbocycles. The third-order valence-corrected chi connectivity index (χ3v) is 2.46. The highest BCUT2D eigenvalue weighted by atomic mass is 19.1. The maximum atomic E-state index is 13.6. The fourth-order valence-corrected chi connectivity index (χ4v) is 1.54. The predicted octanol–water partition coefficient (Wildman–Crippen LogP) is 3.10. The minimum absolute atomic E-state index is 0.0420. The number of methoxy groups -OCH3 is 1. The Kier molecular flexibility index (Phi) is 3.57. The van der Waals surface area contributed by atoms with Gasteiger partial charge in [0.15, 0.2) is 12.0 Å². The van der Waals surface area contributed by atoms with E-state index in [1.54, 1.807) is 18.2 Å². The second-order valence-electron chi connectivity index (χ2n) is 3.68. The van der Waals surface area contributed by atoms with Crippen LogP contribution in [0.3, 0.4) is 0 Å². The van der Waals surface area contributed by atoms with Gasteiger partial charge in [0.1, 0.15) is 5.75 Å². The zero-order chi connectivity index (χ0) is 13.0. The molecule has 0 aliphatic heterocycles. The molecule has 0 heterocycles. The van der Waals surface area contributed by atoms with Crippen molar-refractivity contribution in [2.24, 2.45) is 0 Å². The average Bonchev–Trinajstić information content (AvgIpc) is 2.39. The van der Waals surface area contributed by atoms with Gasteiger partial charge in [0.25, 0.3) is 5.69 Å². The van der Waals surface area contributed by atoms with Crippen molar-refractivity contribution in [3.8, 4) is 5.75 Å². The van der Waals surface area contributed by atoms with Crippen LogP contribution in [0, 0.1) is 11.0 Å². The molecule has 0 unspecified atom stereocenters. The molecular weight excluding hydrogens is 233 g/mol. The Balaban J connectivity index is 2.34. The fourth-order valence-electron chi connectivity index (χ4n) is 1.54. The van der Waals surface area contributed by atoms with Gasteiger partial charge >= 0.3 is 0 Å². The van der Waals surface area contributed by atoms with Crippen LogP contribution in [-0.4, -0.2) is 18.1 Å². The van der Waals surface area contributed by atoms with Gasteiger partial charge in [-0.05, 0) is 18.2 Å². The number of nitrogens with zero attached hydrogens (tertiary/aromatic N) is 1. The molecular formula is C14H12FNO2. The monoisotopic (exact) mass is 245 g/mol. The standard InChI is InChI=1S/C14H12FNO2/c1-18-12-7-8-14(13(15)9-12)16(17)10-11-5-3-2-4-6-11/h2-10H,1H3. The van der Waals surface area contributed by atoms with Crippen molar-refractivity contribution in [3.05, 3.63) is 65.1 Å². The maximum Gasteiger partial charge on any atom is 0.252 e. The van der Waals surface area contributed by atoms with Crippen molar-refractivity contribution in [3.63, 3.8) is 0 Å². The van der Waals surface area contributed by atoms with Crippen molar-refractivity contribution in [1.82, 2.24) is 0 Å². The number of halogens is 1. The summed E-state index contributed by atoms with van der Waals surface area (Å²) in [4.78, 5) is 0. The molecule has 2 aromatic carbocycles. The summed E-state index contributed by atoms with van der Waals surface area (Å²) in [5.74, 6) is -0.235. The zero-order valence-electron chi connectivity index (χ0n) is 9.84. The molecule has 0 fully saturated rings. The first kappa shape index (κ1) is 12.1. The van der Waals surface area contributed by atoms with E-state index < -0.39 is 5.82 Å². The average molecular weight is 245 g/mol. The lowest BCUT2D eigenvalue weighted by Crippen LogP contribution is -2.01. The van der Waals surface area contributed by atoms with Gasteiger partial charge in [-0.1, -0.05) is 18.2 Å². The van der Waals surface area contributed by atoms with Crippen molar-refractivity contribution in [1.29, 1.82) is 0 Å². The Morgan fingerprint density at radius 1 is 1.17 bits per heavy atom. The molecule has 0 radical (unpaired) electrons. The second-order valence-corrected chi connectivity index (χ2v) is 3.68. The molecule has 0 N–H and O–H groups in total. The maximum absolute atomic E-state index is 13.6. The van der Waals surface area contributed by atoms with Gasteiger partial charge in [-0.25, -0.2) is 0 Å². The van der Waals surface area contributed by atoms with Crippen LogP contribution in [0.1, 0.15) is 5.56 Å². The van der Waals surface area contributed by atoms with Crippen LogP contribution in [0.4, 0.5) is 10.1 Å². The smallest absolute Gasteiger partial charge is 0.252 e. The van der Waals surface area contributed by atoms with E-state index in [4.69, 9.17) is 4.74 Å². The molecule has 0 atom stereocenters. The quantitative estimate of drug-likeness (QED) is 0.360. The molecule has 0 amide bonds. The normalized spacial score (nSPS) is 11.3. The van der Waals surface area contributed by atoms with E-state index in [1.807, 2.05) is 18.2 Å². The molecule has 0 spiro atoms. The topological polar surface area (TPSA) is 35.3 Å². The van der Waals surface area contributed by atoms with Crippen molar-refractivity contribution >= 4 is 11.9 Å². The van der Waals surface area contributed by atoms with Crippen molar-refractivity contribution < 1.29 is 13.9 Å². The first-order chi connectivity index (χ1) is 8.70. The summed E-state index contributed by atoms with van der Waals surface area (Å²) >= 11 is 0. The van der Waals surface area contributed by atoms with Crippen molar-refractivity contribution in [2.45, 2.75) is 0 Å². The van der Waals surface area contributed by atoms with E-state index >= 15 is 0 Å². The molecule has 18 heavy (non-hydrogen) atoms. The third kappa shape index (κ3) is 2.66. The molecule has 0 aromatic heterocycles. The first-order valence-electron chi connectivity index (χ1n) is 5.40. The molecule has 92 valence electrons. The van der Waals surface area contributed by atoms with Gasteiger partial charge in [-0.3, -0.25) is 0 Å². The summed E-state index contributed by atoms with van der Waals surface area (Å²) in [5.41, 5.74) is 0.669. The largest absolute Gasteiger partial charge is 0.618 e. The SMILES string of the molecule is COc1ccc([N+]([O-])=Cc2ccccc2)c(F)c1. The molecule has 0 aliphatic carbocycles. The third-order valence-electron chi connectivity index (χ3n) is 2.46. The minimum atomic E-state index is -0.614. The van der Waals surface area contributed by atoms with Gasteiger partial charge in [-0.15, -0.1) is 0 Å². The van der Waals surface area contributed by atoms with E-state index in [1.165, 1.54) is 25.5 Å². The number of hydrogen-bond acceptors (Lipinski definition) is 2. The minimum Gasteiger partial charge on any atom is -0.618 e. The van der Waals surface area contributed by atoms with E-state index in [-0.39, 0.29) is 5.69 Å². The summed E-state index contributed by atoms with van der Waals surface area (Å²) in [6.07, 6.45) is 1.32. The highest BCUT2D eigenvalue weighted by molar-refractivity contribution is 5.76. The summed E-state index contributed by atoms with van der Waals surface area (Å²) in [7, 11) is 1.44. The first-order valence-corrected chi connectivity index (χ1v) is 5.40. The zero-order valence-corrected chi connectivity index (χ0v) is 9.84. The lowest BCUT2D eigenvalue weighted by atomic mass is 10.2. The predicted molar refractivity (Wildman–Crippen MR) is 67.8 cm³/mol. The summed E-state index contributed by atoms with van der Waals surface area (Å²) in [6.45, 7) is 0. The summed E-state index contributed by atoms with van der Waals surface area (Å²) in [5, 5.41) is 11.8. The number of hydrogen-bond donors (Lipinski definition) is 0. The van der Waals surface area contributed by atoms with Crippen LogP contribution < -0.4 is 4.74 Å². The highest BCUT2D eigenvalue weighted by Gasteiger charge is 2.11. The number of benzene rings is 2. The molecule has 0 bridgehead atoms. The summed E-state index contributed by atoms with van der Waals surface area (Å²) < 4.78 is 19.0. The van der Waals surface area contributed by atoms with E-state index in [0.29, 0.717) is 16.1 Å². The second kappa shape index (κ2) is 5.31. The summed E-state index contributed by atoms with van der Waals surface area (Å²) in [6, 6.07) is 13.1. The molecule has 2 aromatic rings. The van der Waals surface area contributed by atoms with E-state index in [2.05, 4.69) is 0 Å². The Labute approximate surface area is 104 Å².